The number of hydrogen-bond donors (Lipinski definition) is 0. The van der Waals surface area contributed by atoms with E-state index in [0.717, 1.165) is 0 Å². The van der Waals surface area contributed by atoms with E-state index in [-0.39, 0.29) is 31.2 Å². The summed E-state index contributed by atoms with van der Waals surface area (Å²) in [6.45, 7) is 5.27. The average Bonchev–Trinajstić information content (AvgIpc) is 3.40. The van der Waals surface area contributed by atoms with Gasteiger partial charge in [0.05, 0.1) is 48.3 Å². The van der Waals surface area contributed by atoms with Crippen LogP contribution in [-0.2, 0) is 14.2 Å². The molecule has 0 saturated heterocycles. The van der Waals surface area contributed by atoms with Crippen LogP contribution in [0.2, 0.25) is 0 Å². The van der Waals surface area contributed by atoms with Gasteiger partial charge in [-0.25, -0.2) is 0 Å². The van der Waals surface area contributed by atoms with Gasteiger partial charge < -0.3 is 42.6 Å². The van der Waals surface area contributed by atoms with Crippen molar-refractivity contribution in [3.63, 3.8) is 0 Å². The van der Waals surface area contributed by atoms with Gasteiger partial charge in [-0.2, -0.15) is 0 Å². The first kappa shape index (κ1) is 28.4. The van der Waals surface area contributed by atoms with E-state index in [2.05, 4.69) is 0 Å². The molecule has 37 heavy (non-hydrogen) atoms. The lowest BCUT2D eigenvalue weighted by Crippen LogP contribution is -2.24. The molecule has 0 spiro atoms. The summed E-state index contributed by atoms with van der Waals surface area (Å²) in [4.78, 5) is 13.9. The van der Waals surface area contributed by atoms with E-state index in [1.165, 1.54) is 28.4 Å². The van der Waals surface area contributed by atoms with E-state index in [1.807, 2.05) is 13.8 Å². The molecule has 1 heterocycles. The van der Waals surface area contributed by atoms with Crippen LogP contribution in [0.4, 0.5) is 0 Å². The Labute approximate surface area is 217 Å². The first-order valence-corrected chi connectivity index (χ1v) is 11.9. The Morgan fingerprint density at radius 1 is 0.865 bits per heavy atom. The summed E-state index contributed by atoms with van der Waals surface area (Å²) in [5.41, 5.74) is 1.60. The highest BCUT2D eigenvalue weighted by molar-refractivity contribution is 6.06. The van der Waals surface area contributed by atoms with Crippen LogP contribution in [0.5, 0.6) is 34.5 Å². The third-order valence-corrected chi connectivity index (χ3v) is 6.29. The number of ether oxygens (including phenoxy) is 9. The number of fused-ring (bicyclic) bond motifs is 1. The predicted molar refractivity (Wildman–Crippen MR) is 136 cm³/mol. The highest BCUT2D eigenvalue weighted by atomic mass is 16.7. The quantitative estimate of drug-likeness (QED) is 0.193. The Morgan fingerprint density at radius 2 is 1.54 bits per heavy atom. The summed E-state index contributed by atoms with van der Waals surface area (Å²) in [5, 5.41) is 0. The minimum Gasteiger partial charge on any atom is -0.493 e. The van der Waals surface area contributed by atoms with Gasteiger partial charge in [0, 0.05) is 24.2 Å². The van der Waals surface area contributed by atoms with Gasteiger partial charge in [0.25, 0.3) is 0 Å². The number of Topliss-reactive ketones (excluding diaryl/α,β-unsaturated/α-hetero) is 1. The van der Waals surface area contributed by atoms with Gasteiger partial charge in [0.1, 0.15) is 6.79 Å². The normalized spacial score (nSPS) is 13.7. The number of hydrogen-bond acceptors (Lipinski definition) is 10. The molecule has 0 amide bonds. The first-order valence-electron chi connectivity index (χ1n) is 11.9. The molecule has 3 rings (SSSR count). The molecule has 0 radical (unpaired) electrons. The monoisotopic (exact) mass is 520 g/mol. The Kier molecular flexibility index (Phi) is 10.2. The number of rotatable bonds is 15. The Balaban J connectivity index is 2.01. The number of ketones is 1. The van der Waals surface area contributed by atoms with Crippen molar-refractivity contribution in [2.45, 2.75) is 13.8 Å². The van der Waals surface area contributed by atoms with E-state index >= 15 is 0 Å². The SMILES string of the molecule is COCCOCOC[C@@H](C)[C@H](C)C(=O)c1cc2c(c(OC)c1-c1cc(OC)c(OC)c(OC)c1)OCO2. The topological polar surface area (TPSA) is 100 Å². The standard InChI is InChI=1S/C27H36O10/c1-16(13-35-14-34-9-8-29-3)17(2)24(28)19-12-22-26(37-15-36-22)27(33-7)23(19)18-10-20(30-4)25(32-6)21(11-18)31-5/h10-12,16-17H,8-9,13-15H2,1-7H3/t16-,17+/m1/s1. The molecule has 0 unspecified atom stereocenters. The summed E-state index contributed by atoms with van der Waals surface area (Å²) >= 11 is 0. The van der Waals surface area contributed by atoms with Gasteiger partial charge in [-0.1, -0.05) is 13.8 Å². The van der Waals surface area contributed by atoms with E-state index < -0.39 is 0 Å². The van der Waals surface area contributed by atoms with E-state index in [9.17, 15) is 4.79 Å². The van der Waals surface area contributed by atoms with Gasteiger partial charge >= 0.3 is 0 Å². The van der Waals surface area contributed by atoms with Gasteiger partial charge in [-0.15, -0.1) is 0 Å². The van der Waals surface area contributed by atoms with Crippen molar-refractivity contribution in [1.82, 2.24) is 0 Å². The average molecular weight is 521 g/mol. The van der Waals surface area contributed by atoms with Crippen molar-refractivity contribution in [3.05, 3.63) is 23.8 Å². The van der Waals surface area contributed by atoms with Crippen LogP contribution in [0.3, 0.4) is 0 Å². The van der Waals surface area contributed by atoms with Crippen molar-refractivity contribution in [2.75, 3.05) is 69.0 Å². The molecule has 2 aromatic rings. The molecule has 1 aliphatic heterocycles. The zero-order chi connectivity index (χ0) is 26.9. The molecular formula is C27H36O10. The summed E-state index contributed by atoms with van der Waals surface area (Å²) in [7, 11) is 7.73. The fraction of sp³-hybridized carbons (Fsp3) is 0.519. The number of carbonyl (C=O) groups excluding carboxylic acids is 1. The van der Waals surface area contributed by atoms with Crippen LogP contribution >= 0.6 is 0 Å². The second-order valence-electron chi connectivity index (χ2n) is 8.50. The second-order valence-corrected chi connectivity index (χ2v) is 8.50. The predicted octanol–water partition coefficient (Wildman–Crippen LogP) is 4.21. The number of carbonyl (C=O) groups is 1. The van der Waals surface area contributed by atoms with Crippen molar-refractivity contribution < 1.29 is 47.4 Å². The van der Waals surface area contributed by atoms with Crippen LogP contribution in [-0.4, -0.2) is 74.7 Å². The van der Waals surface area contributed by atoms with Crippen molar-refractivity contribution in [3.8, 4) is 45.6 Å². The highest BCUT2D eigenvalue weighted by Crippen LogP contribution is 2.52. The Morgan fingerprint density at radius 3 is 2.14 bits per heavy atom. The first-order chi connectivity index (χ1) is 17.9. The van der Waals surface area contributed by atoms with Crippen LogP contribution in [0.25, 0.3) is 11.1 Å². The molecule has 1 aliphatic rings. The van der Waals surface area contributed by atoms with E-state index in [4.69, 9.17) is 42.6 Å². The van der Waals surface area contributed by atoms with Crippen LogP contribution < -0.4 is 28.4 Å². The fourth-order valence-electron chi connectivity index (χ4n) is 4.06. The molecule has 204 valence electrons. The lowest BCUT2D eigenvalue weighted by molar-refractivity contribution is -0.0761. The van der Waals surface area contributed by atoms with Crippen LogP contribution in [0, 0.1) is 11.8 Å². The molecule has 2 atom stereocenters. The Hall–Kier alpha value is -3.21. The van der Waals surface area contributed by atoms with Gasteiger partial charge in [-0.3, -0.25) is 4.79 Å². The Bertz CT molecular complexity index is 1040. The highest BCUT2D eigenvalue weighted by Gasteiger charge is 2.32. The van der Waals surface area contributed by atoms with E-state index in [0.29, 0.717) is 71.0 Å². The summed E-state index contributed by atoms with van der Waals surface area (Å²) in [6, 6.07) is 5.24. The maximum absolute atomic E-state index is 13.9. The molecule has 0 aliphatic carbocycles. The molecule has 0 saturated carbocycles. The number of methoxy groups -OCH3 is 5. The van der Waals surface area contributed by atoms with Crippen LogP contribution in [0.1, 0.15) is 24.2 Å². The maximum atomic E-state index is 13.9. The molecule has 0 N–H and O–H groups in total. The van der Waals surface area contributed by atoms with Gasteiger partial charge in [-0.05, 0) is 29.7 Å². The maximum Gasteiger partial charge on any atom is 0.231 e. The summed E-state index contributed by atoms with van der Waals surface area (Å²) in [5.74, 6) is 2.00. The smallest absolute Gasteiger partial charge is 0.231 e. The third-order valence-electron chi connectivity index (χ3n) is 6.29. The number of benzene rings is 2. The zero-order valence-electron chi connectivity index (χ0n) is 22.5. The minimum atomic E-state index is -0.384. The summed E-state index contributed by atoms with van der Waals surface area (Å²) < 4.78 is 49.6. The molecule has 0 fully saturated rings. The van der Waals surface area contributed by atoms with Crippen molar-refractivity contribution in [2.24, 2.45) is 11.8 Å². The lowest BCUT2D eigenvalue weighted by atomic mass is 9.85. The van der Waals surface area contributed by atoms with E-state index in [1.54, 1.807) is 25.3 Å². The molecule has 0 aromatic heterocycles. The van der Waals surface area contributed by atoms with Gasteiger partial charge in [0.15, 0.2) is 28.8 Å². The van der Waals surface area contributed by atoms with Gasteiger partial charge in [0.2, 0.25) is 18.3 Å². The zero-order valence-corrected chi connectivity index (χ0v) is 22.5. The second kappa shape index (κ2) is 13.4. The summed E-state index contributed by atoms with van der Waals surface area (Å²) in [6.07, 6.45) is 0. The molecule has 10 nitrogen and oxygen atoms in total. The van der Waals surface area contributed by atoms with Crippen molar-refractivity contribution in [1.29, 1.82) is 0 Å². The molecule has 10 heteroatoms. The largest absolute Gasteiger partial charge is 0.493 e. The molecule has 0 bridgehead atoms. The molecular weight excluding hydrogens is 484 g/mol. The minimum absolute atomic E-state index is 0.0287. The van der Waals surface area contributed by atoms with Crippen LogP contribution in [0.15, 0.2) is 18.2 Å². The molecule has 2 aromatic carbocycles. The van der Waals surface area contributed by atoms with Crippen molar-refractivity contribution >= 4 is 5.78 Å². The lowest BCUT2D eigenvalue weighted by Gasteiger charge is -2.23. The third kappa shape index (κ3) is 6.20. The fourth-order valence-corrected chi connectivity index (χ4v) is 4.06.